The van der Waals surface area contributed by atoms with Gasteiger partial charge in [0.2, 0.25) is 0 Å². The molecule has 5 rings (SSSR count). The highest BCUT2D eigenvalue weighted by Crippen LogP contribution is 2.32. The second kappa shape index (κ2) is 12.5. The zero-order valence-electron chi connectivity index (χ0n) is 21.7. The maximum atomic E-state index is 14.2. The number of rotatable bonds is 8. The van der Waals surface area contributed by atoms with E-state index >= 15 is 0 Å². The average molecular weight is 586 g/mol. The van der Waals surface area contributed by atoms with E-state index in [2.05, 4.69) is 10.1 Å². The average Bonchev–Trinajstić information content (AvgIpc) is 3.33. The molecule has 208 valence electrons. The van der Waals surface area contributed by atoms with Crippen LogP contribution in [0.4, 0.5) is 8.78 Å². The van der Waals surface area contributed by atoms with Crippen LogP contribution in [0.5, 0.6) is 0 Å². The van der Waals surface area contributed by atoms with Crippen LogP contribution in [-0.4, -0.2) is 53.6 Å². The van der Waals surface area contributed by atoms with E-state index in [0.29, 0.717) is 65.4 Å². The van der Waals surface area contributed by atoms with Crippen LogP contribution in [0.15, 0.2) is 71.3 Å². The Balaban J connectivity index is 1.27. The molecule has 1 unspecified atom stereocenters. The van der Waals surface area contributed by atoms with Crippen LogP contribution in [0.1, 0.15) is 33.3 Å². The van der Waals surface area contributed by atoms with Gasteiger partial charge >= 0.3 is 0 Å². The van der Waals surface area contributed by atoms with Crippen LogP contribution in [0.25, 0.3) is 11.3 Å². The summed E-state index contributed by atoms with van der Waals surface area (Å²) >= 11 is 12.4. The predicted molar refractivity (Wildman–Crippen MR) is 149 cm³/mol. The number of hydrogen-bond acceptors (Lipinski definition) is 5. The first-order valence-electron chi connectivity index (χ1n) is 12.8. The number of hydrogen-bond donors (Lipinski definition) is 0. The standard InChI is InChI=1S/C30H27Cl2F2N3O3/c1-19-28(29(35-40-19)22-5-2-3-6-24(22)32)30(38)37-15-13-36(14-16-37)17-27(20-9-11-21(31)12-10-20)39-18-23-25(33)7-4-8-26(23)34/h2-12,27H,13-18H2,1H3. The Labute approximate surface area is 241 Å². The maximum absolute atomic E-state index is 14.2. The number of piperazine rings is 1. The molecule has 0 bridgehead atoms. The molecular formula is C30H27Cl2F2N3O3. The second-order valence-electron chi connectivity index (χ2n) is 9.59. The number of aryl methyl sites for hydroxylation is 1. The van der Waals surface area contributed by atoms with E-state index in [1.165, 1.54) is 18.2 Å². The quantitative estimate of drug-likeness (QED) is 0.224. The number of amides is 1. The van der Waals surface area contributed by atoms with Gasteiger partial charge in [-0.15, -0.1) is 0 Å². The highest BCUT2D eigenvalue weighted by Gasteiger charge is 2.30. The number of aromatic nitrogens is 1. The van der Waals surface area contributed by atoms with E-state index in [4.69, 9.17) is 32.5 Å². The van der Waals surface area contributed by atoms with Crippen LogP contribution < -0.4 is 0 Å². The van der Waals surface area contributed by atoms with Gasteiger partial charge in [-0.1, -0.05) is 64.8 Å². The molecule has 2 heterocycles. The van der Waals surface area contributed by atoms with Gasteiger partial charge in [-0.05, 0) is 42.8 Å². The molecule has 1 aliphatic heterocycles. The smallest absolute Gasteiger partial charge is 0.259 e. The van der Waals surface area contributed by atoms with Crippen molar-refractivity contribution >= 4 is 29.1 Å². The minimum Gasteiger partial charge on any atom is -0.367 e. The highest BCUT2D eigenvalue weighted by molar-refractivity contribution is 6.33. The molecular weight excluding hydrogens is 559 g/mol. The van der Waals surface area contributed by atoms with Gasteiger partial charge < -0.3 is 14.2 Å². The van der Waals surface area contributed by atoms with Crippen LogP contribution >= 0.6 is 23.2 Å². The molecule has 4 aromatic rings. The first-order chi connectivity index (χ1) is 19.3. The van der Waals surface area contributed by atoms with Crippen molar-refractivity contribution in [3.8, 4) is 11.3 Å². The van der Waals surface area contributed by atoms with Gasteiger partial charge in [0.25, 0.3) is 5.91 Å². The van der Waals surface area contributed by atoms with Gasteiger partial charge in [-0.2, -0.15) is 0 Å². The third kappa shape index (κ3) is 6.20. The lowest BCUT2D eigenvalue weighted by atomic mass is 10.0. The predicted octanol–water partition coefficient (Wildman–Crippen LogP) is 6.95. The van der Waals surface area contributed by atoms with Crippen molar-refractivity contribution in [3.05, 3.63) is 111 Å². The number of ether oxygens (including phenoxy) is 1. The molecule has 1 saturated heterocycles. The Morgan fingerprint density at radius 2 is 1.65 bits per heavy atom. The summed E-state index contributed by atoms with van der Waals surface area (Å²) < 4.78 is 39.9. The summed E-state index contributed by atoms with van der Waals surface area (Å²) in [7, 11) is 0. The fraction of sp³-hybridized carbons (Fsp3) is 0.267. The SMILES string of the molecule is Cc1onc(-c2ccccc2Cl)c1C(=O)N1CCN(CC(OCc2c(F)cccc2F)c2ccc(Cl)cc2)CC1. The van der Waals surface area contributed by atoms with Crippen molar-refractivity contribution in [1.29, 1.82) is 0 Å². The van der Waals surface area contributed by atoms with Crippen molar-refractivity contribution in [1.82, 2.24) is 15.0 Å². The monoisotopic (exact) mass is 585 g/mol. The Bertz CT molecular complexity index is 1470. The summed E-state index contributed by atoms with van der Waals surface area (Å²) in [5, 5.41) is 5.18. The molecule has 1 atom stereocenters. The Morgan fingerprint density at radius 3 is 2.33 bits per heavy atom. The molecule has 1 aromatic heterocycles. The molecule has 0 spiro atoms. The summed E-state index contributed by atoms with van der Waals surface area (Å²) in [6, 6.07) is 18.1. The molecule has 0 radical (unpaired) electrons. The third-order valence-electron chi connectivity index (χ3n) is 7.02. The van der Waals surface area contributed by atoms with E-state index in [0.717, 1.165) is 5.56 Å². The van der Waals surface area contributed by atoms with Gasteiger partial charge in [0, 0.05) is 48.9 Å². The molecule has 3 aromatic carbocycles. The van der Waals surface area contributed by atoms with Gasteiger partial charge in [-0.3, -0.25) is 9.69 Å². The summed E-state index contributed by atoms with van der Waals surface area (Å²) in [4.78, 5) is 17.5. The highest BCUT2D eigenvalue weighted by atomic mass is 35.5. The first-order valence-corrected chi connectivity index (χ1v) is 13.6. The van der Waals surface area contributed by atoms with Crippen LogP contribution in [0, 0.1) is 18.6 Å². The zero-order chi connectivity index (χ0) is 28.2. The molecule has 40 heavy (non-hydrogen) atoms. The third-order valence-corrected chi connectivity index (χ3v) is 7.60. The van der Waals surface area contributed by atoms with Gasteiger partial charge in [-0.25, -0.2) is 8.78 Å². The van der Waals surface area contributed by atoms with Gasteiger partial charge in [0.05, 0.1) is 17.7 Å². The van der Waals surface area contributed by atoms with E-state index in [1.807, 2.05) is 24.3 Å². The summed E-state index contributed by atoms with van der Waals surface area (Å²) in [5.41, 5.74) is 2.18. The molecule has 0 saturated carbocycles. The lowest BCUT2D eigenvalue weighted by molar-refractivity contribution is 0.00144. The van der Waals surface area contributed by atoms with Crippen molar-refractivity contribution in [3.63, 3.8) is 0 Å². The molecule has 0 N–H and O–H groups in total. The minimum atomic E-state index is -0.651. The van der Waals surface area contributed by atoms with E-state index < -0.39 is 17.7 Å². The lowest BCUT2D eigenvalue weighted by Crippen LogP contribution is -2.49. The Hall–Kier alpha value is -3.30. The first kappa shape index (κ1) is 28.2. The molecule has 6 nitrogen and oxygen atoms in total. The number of carbonyl (C=O) groups is 1. The number of benzene rings is 3. The van der Waals surface area contributed by atoms with Crippen molar-refractivity contribution in [2.24, 2.45) is 0 Å². The number of carbonyl (C=O) groups excluding carboxylic acids is 1. The van der Waals surface area contributed by atoms with E-state index in [9.17, 15) is 13.6 Å². The number of nitrogens with zero attached hydrogens (tertiary/aromatic N) is 3. The topological polar surface area (TPSA) is 58.8 Å². The molecule has 0 aliphatic carbocycles. The largest absolute Gasteiger partial charge is 0.367 e. The van der Waals surface area contributed by atoms with Crippen LogP contribution in [-0.2, 0) is 11.3 Å². The van der Waals surface area contributed by atoms with E-state index in [-0.39, 0.29) is 18.1 Å². The summed E-state index contributed by atoms with van der Waals surface area (Å²) in [5.74, 6) is -1.04. The summed E-state index contributed by atoms with van der Waals surface area (Å²) in [6.07, 6.45) is -0.467. The van der Waals surface area contributed by atoms with Crippen molar-refractivity contribution < 1.29 is 22.8 Å². The van der Waals surface area contributed by atoms with Crippen molar-refractivity contribution in [2.75, 3.05) is 32.7 Å². The summed E-state index contributed by atoms with van der Waals surface area (Å²) in [6.45, 7) is 4.07. The Kier molecular flexibility index (Phi) is 8.81. The fourth-order valence-corrected chi connectivity index (χ4v) is 5.12. The van der Waals surface area contributed by atoms with Crippen molar-refractivity contribution in [2.45, 2.75) is 19.6 Å². The number of halogens is 4. The van der Waals surface area contributed by atoms with Gasteiger partial charge in [0.1, 0.15) is 28.7 Å². The van der Waals surface area contributed by atoms with Gasteiger partial charge in [0.15, 0.2) is 0 Å². The molecule has 1 amide bonds. The van der Waals surface area contributed by atoms with E-state index in [1.54, 1.807) is 36.1 Å². The fourth-order valence-electron chi connectivity index (χ4n) is 4.77. The van der Waals surface area contributed by atoms with Crippen LogP contribution in [0.3, 0.4) is 0 Å². The van der Waals surface area contributed by atoms with Crippen LogP contribution in [0.2, 0.25) is 10.0 Å². The second-order valence-corrected chi connectivity index (χ2v) is 10.4. The zero-order valence-corrected chi connectivity index (χ0v) is 23.3. The minimum absolute atomic E-state index is 0.115. The molecule has 1 aliphatic rings. The molecule has 10 heteroatoms. The maximum Gasteiger partial charge on any atom is 0.259 e. The normalized spacial score (nSPS) is 14.9. The Morgan fingerprint density at radius 1 is 0.975 bits per heavy atom. The lowest BCUT2D eigenvalue weighted by Gasteiger charge is -2.36. The molecule has 1 fully saturated rings.